The average molecular weight is 690 g/mol. The van der Waals surface area contributed by atoms with Crippen molar-refractivity contribution in [3.8, 4) is 11.5 Å². The minimum absolute atomic E-state index is 0.0280. The average Bonchev–Trinajstić information content (AvgIpc) is 3.11. The van der Waals surface area contributed by atoms with E-state index in [1.165, 1.54) is 28.8 Å². The Morgan fingerprint density at radius 3 is 2.23 bits per heavy atom. The number of rotatable bonds is 17. The molecule has 48 heavy (non-hydrogen) atoms. The van der Waals surface area contributed by atoms with E-state index in [2.05, 4.69) is 5.32 Å². The summed E-state index contributed by atoms with van der Waals surface area (Å²) >= 11 is 1.50. The number of hydrogen-bond donors (Lipinski definition) is 1. The molecule has 4 aromatic rings. The molecule has 0 radical (unpaired) electrons. The highest BCUT2D eigenvalue weighted by atomic mass is 32.2. The van der Waals surface area contributed by atoms with Gasteiger partial charge in [-0.2, -0.15) is 0 Å². The molecule has 0 spiro atoms. The van der Waals surface area contributed by atoms with Crippen LogP contribution in [0.5, 0.6) is 11.5 Å². The Balaban J connectivity index is 1.84. The lowest BCUT2D eigenvalue weighted by Gasteiger charge is -2.34. The van der Waals surface area contributed by atoms with Crippen molar-refractivity contribution in [3.63, 3.8) is 0 Å². The lowest BCUT2D eigenvalue weighted by molar-refractivity contribution is -0.140. The van der Waals surface area contributed by atoms with Crippen molar-refractivity contribution in [2.24, 2.45) is 0 Å². The van der Waals surface area contributed by atoms with Crippen molar-refractivity contribution in [1.29, 1.82) is 0 Å². The minimum Gasteiger partial charge on any atom is -0.497 e. The first-order valence-corrected chi connectivity index (χ1v) is 18.5. The molecule has 4 aromatic carbocycles. The number of anilines is 1. The molecule has 0 aliphatic carbocycles. The predicted octanol–water partition coefficient (Wildman–Crippen LogP) is 6.18. The molecule has 0 aliphatic heterocycles. The van der Waals surface area contributed by atoms with Gasteiger partial charge in [0.1, 0.15) is 24.1 Å². The van der Waals surface area contributed by atoms with E-state index in [1.54, 1.807) is 62.6 Å². The number of ether oxygens (including phenoxy) is 2. The number of sulfonamides is 1. The van der Waals surface area contributed by atoms with Gasteiger partial charge in [0.2, 0.25) is 11.8 Å². The zero-order valence-corrected chi connectivity index (χ0v) is 29.4. The maximum absolute atomic E-state index is 14.7. The molecule has 0 heterocycles. The van der Waals surface area contributed by atoms with E-state index in [-0.39, 0.29) is 29.5 Å². The van der Waals surface area contributed by atoms with E-state index >= 15 is 0 Å². The van der Waals surface area contributed by atoms with Gasteiger partial charge >= 0.3 is 0 Å². The maximum atomic E-state index is 14.7. The summed E-state index contributed by atoms with van der Waals surface area (Å²) in [6.07, 6.45) is 2.85. The Hall–Kier alpha value is -4.48. The molecule has 0 bridgehead atoms. The van der Waals surface area contributed by atoms with Crippen LogP contribution in [0.4, 0.5) is 5.69 Å². The molecule has 0 saturated heterocycles. The Morgan fingerprint density at radius 2 is 1.56 bits per heavy atom. The van der Waals surface area contributed by atoms with Gasteiger partial charge in [0.15, 0.2) is 0 Å². The van der Waals surface area contributed by atoms with Crippen molar-refractivity contribution >= 4 is 39.3 Å². The smallest absolute Gasteiger partial charge is 0.264 e. The maximum Gasteiger partial charge on any atom is 0.264 e. The van der Waals surface area contributed by atoms with Gasteiger partial charge in [0.25, 0.3) is 10.0 Å². The fourth-order valence-corrected chi connectivity index (χ4v) is 7.05. The lowest BCUT2D eigenvalue weighted by atomic mass is 10.0. The van der Waals surface area contributed by atoms with Crippen LogP contribution in [0.15, 0.2) is 113 Å². The number of nitrogens with zero attached hydrogens (tertiary/aromatic N) is 2. The van der Waals surface area contributed by atoms with Gasteiger partial charge in [-0.05, 0) is 79.3 Å². The second-order valence-corrected chi connectivity index (χ2v) is 13.7. The van der Waals surface area contributed by atoms with Gasteiger partial charge in [-0.3, -0.25) is 13.9 Å². The Kier molecular flexibility index (Phi) is 13.3. The molecule has 2 amide bonds. The molecule has 0 fully saturated rings. The SMILES string of the molecule is CCCNC(=O)C(Cc1ccccc1)N(Cc1cccc(OC)c1)C(=O)CN(c1ccccc1OCC)S(=O)(=O)c1ccc(SC)cc1. The predicted molar refractivity (Wildman–Crippen MR) is 191 cm³/mol. The molecule has 1 unspecified atom stereocenters. The second-order valence-electron chi connectivity index (χ2n) is 11.0. The van der Waals surface area contributed by atoms with Gasteiger partial charge in [-0.25, -0.2) is 8.42 Å². The summed E-state index contributed by atoms with van der Waals surface area (Å²) in [6.45, 7) is 3.94. The number of para-hydroxylation sites is 2. The number of hydrogen-bond acceptors (Lipinski definition) is 7. The van der Waals surface area contributed by atoms with Crippen LogP contribution >= 0.6 is 11.8 Å². The quantitative estimate of drug-likeness (QED) is 0.132. The zero-order valence-electron chi connectivity index (χ0n) is 27.8. The first-order chi connectivity index (χ1) is 23.2. The fourth-order valence-electron chi connectivity index (χ4n) is 5.22. The van der Waals surface area contributed by atoms with Crippen LogP contribution in [0.3, 0.4) is 0 Å². The molecule has 0 saturated carbocycles. The molecule has 11 heteroatoms. The standard InChI is InChI=1S/C37H43N3O6S2/c1-5-23-38-37(42)34(25-28-13-8-7-9-14-28)39(26-29-15-12-16-30(24-29)45-3)36(41)27-40(33-17-10-11-18-35(33)46-6-2)48(43,44)32-21-19-31(47-4)20-22-32/h7-22,24,34H,5-6,23,25-27H2,1-4H3,(H,38,42). The van der Waals surface area contributed by atoms with Gasteiger partial charge in [-0.15, -0.1) is 11.8 Å². The molecule has 1 atom stereocenters. The topological polar surface area (TPSA) is 105 Å². The third kappa shape index (κ3) is 9.32. The van der Waals surface area contributed by atoms with Crippen molar-refractivity contribution in [2.45, 2.75) is 49.1 Å². The summed E-state index contributed by atoms with van der Waals surface area (Å²) in [7, 11) is -2.72. The van der Waals surface area contributed by atoms with Crippen LogP contribution in [-0.2, 0) is 32.6 Å². The molecule has 4 rings (SSSR count). The van der Waals surface area contributed by atoms with E-state index in [0.717, 1.165) is 20.3 Å². The van der Waals surface area contributed by atoms with Crippen LogP contribution in [0, 0.1) is 0 Å². The van der Waals surface area contributed by atoms with Crippen LogP contribution in [-0.4, -0.2) is 64.2 Å². The van der Waals surface area contributed by atoms with Gasteiger partial charge < -0.3 is 19.7 Å². The van der Waals surface area contributed by atoms with Gasteiger partial charge in [-0.1, -0.05) is 61.5 Å². The van der Waals surface area contributed by atoms with Crippen LogP contribution < -0.4 is 19.1 Å². The Labute approximate surface area is 288 Å². The number of thioether (sulfide) groups is 1. The Bertz CT molecular complexity index is 1750. The minimum atomic E-state index is -4.28. The molecular formula is C37H43N3O6S2. The second kappa shape index (κ2) is 17.6. The monoisotopic (exact) mass is 689 g/mol. The third-order valence-electron chi connectivity index (χ3n) is 7.67. The van der Waals surface area contributed by atoms with Crippen LogP contribution in [0.2, 0.25) is 0 Å². The van der Waals surface area contributed by atoms with Crippen LogP contribution in [0.1, 0.15) is 31.4 Å². The van der Waals surface area contributed by atoms with Crippen molar-refractivity contribution in [1.82, 2.24) is 10.2 Å². The lowest BCUT2D eigenvalue weighted by Crippen LogP contribution is -2.53. The number of carbonyl (C=O) groups excluding carboxylic acids is 2. The third-order valence-corrected chi connectivity index (χ3v) is 10.2. The highest BCUT2D eigenvalue weighted by Crippen LogP contribution is 2.33. The van der Waals surface area contributed by atoms with Crippen molar-refractivity contribution in [3.05, 3.63) is 114 Å². The molecule has 0 aliphatic rings. The first-order valence-electron chi connectivity index (χ1n) is 15.8. The summed E-state index contributed by atoms with van der Waals surface area (Å²) in [6, 6.07) is 29.0. The fraction of sp³-hybridized carbons (Fsp3) is 0.297. The van der Waals surface area contributed by atoms with Gasteiger partial charge in [0.05, 0.1) is 24.3 Å². The Morgan fingerprint density at radius 1 is 0.875 bits per heavy atom. The van der Waals surface area contributed by atoms with Crippen molar-refractivity contribution < 1.29 is 27.5 Å². The zero-order chi connectivity index (χ0) is 34.5. The highest BCUT2D eigenvalue weighted by molar-refractivity contribution is 7.98. The molecule has 0 aromatic heterocycles. The van der Waals surface area contributed by atoms with E-state index in [9.17, 15) is 18.0 Å². The first kappa shape index (κ1) is 36.4. The molecule has 1 N–H and O–H groups in total. The van der Waals surface area contributed by atoms with Crippen molar-refractivity contribution in [2.75, 3.05) is 37.4 Å². The summed E-state index contributed by atoms with van der Waals surface area (Å²) in [5, 5.41) is 2.96. The number of carbonyl (C=O) groups is 2. The van der Waals surface area contributed by atoms with E-state index in [0.29, 0.717) is 31.1 Å². The molecular weight excluding hydrogens is 647 g/mol. The summed E-state index contributed by atoms with van der Waals surface area (Å²) < 4.78 is 41.2. The van der Waals surface area contributed by atoms with E-state index < -0.39 is 28.5 Å². The molecule has 254 valence electrons. The summed E-state index contributed by atoms with van der Waals surface area (Å²) in [4.78, 5) is 31.0. The largest absolute Gasteiger partial charge is 0.497 e. The van der Waals surface area contributed by atoms with Gasteiger partial charge in [0, 0.05) is 24.4 Å². The summed E-state index contributed by atoms with van der Waals surface area (Å²) in [5.41, 5.74) is 1.80. The number of amides is 2. The summed E-state index contributed by atoms with van der Waals surface area (Å²) in [5.74, 6) is 0.0335. The molecule has 9 nitrogen and oxygen atoms in total. The van der Waals surface area contributed by atoms with E-state index in [1.807, 2.05) is 55.6 Å². The van der Waals surface area contributed by atoms with E-state index in [4.69, 9.17) is 9.47 Å². The number of methoxy groups -OCH3 is 1. The number of nitrogens with one attached hydrogen (secondary N) is 1. The van der Waals surface area contributed by atoms with Crippen LogP contribution in [0.25, 0.3) is 0 Å². The normalized spacial score (nSPS) is 11.8. The number of benzene rings is 4. The highest BCUT2D eigenvalue weighted by Gasteiger charge is 2.35.